The molecule has 2 aromatic rings. The first kappa shape index (κ1) is 12.3. The molecule has 0 fully saturated rings. The van der Waals surface area contributed by atoms with Crippen LogP contribution in [0.25, 0.3) is 0 Å². The fourth-order valence-corrected chi connectivity index (χ4v) is 2.64. The molecule has 90 valence electrons. The van der Waals surface area contributed by atoms with Gasteiger partial charge in [0.1, 0.15) is 12.4 Å². The summed E-state index contributed by atoms with van der Waals surface area (Å²) in [5.74, 6) is 0.870. The zero-order valence-corrected chi connectivity index (χ0v) is 11.4. The predicted molar refractivity (Wildman–Crippen MR) is 74.0 cm³/mol. The van der Waals surface area contributed by atoms with E-state index in [-0.39, 0.29) is 0 Å². The minimum atomic E-state index is 0.530. The van der Waals surface area contributed by atoms with Crippen molar-refractivity contribution in [2.75, 3.05) is 5.73 Å². The second kappa shape index (κ2) is 4.98. The number of nitrogens with two attached hydrogens (primary N) is 1. The van der Waals surface area contributed by atoms with Crippen LogP contribution in [0.1, 0.15) is 16.0 Å². The van der Waals surface area contributed by atoms with Gasteiger partial charge >= 0.3 is 0 Å². The van der Waals surface area contributed by atoms with E-state index in [0.717, 1.165) is 31.8 Å². The van der Waals surface area contributed by atoms with Crippen molar-refractivity contribution in [1.29, 1.82) is 0 Å². The summed E-state index contributed by atoms with van der Waals surface area (Å²) < 4.78 is 6.60. The third-order valence-electron chi connectivity index (χ3n) is 2.63. The van der Waals surface area contributed by atoms with E-state index in [4.69, 9.17) is 22.1 Å². The van der Waals surface area contributed by atoms with Gasteiger partial charge in [0.2, 0.25) is 0 Å². The van der Waals surface area contributed by atoms with E-state index in [1.165, 1.54) is 11.3 Å². The number of hydrogen-bond donors (Lipinski definition) is 1. The number of rotatable bonds is 3. The Morgan fingerprint density at radius 3 is 2.65 bits per heavy atom. The highest BCUT2D eigenvalue weighted by atomic mass is 35.5. The molecule has 0 aliphatic heterocycles. The lowest BCUT2D eigenvalue weighted by atomic mass is 10.1. The van der Waals surface area contributed by atoms with Gasteiger partial charge in [-0.1, -0.05) is 17.7 Å². The number of halogens is 1. The molecule has 0 saturated carbocycles. The van der Waals surface area contributed by atoms with Crippen molar-refractivity contribution in [2.45, 2.75) is 20.5 Å². The lowest BCUT2D eigenvalue weighted by Gasteiger charge is -2.12. The molecule has 1 aromatic carbocycles. The molecule has 0 bridgehead atoms. The van der Waals surface area contributed by atoms with Crippen molar-refractivity contribution in [3.8, 4) is 5.75 Å². The molecule has 0 aliphatic carbocycles. The van der Waals surface area contributed by atoms with E-state index >= 15 is 0 Å². The van der Waals surface area contributed by atoms with Gasteiger partial charge in [0.05, 0.1) is 4.34 Å². The molecule has 4 heteroatoms. The van der Waals surface area contributed by atoms with Gasteiger partial charge in [-0.05, 0) is 37.6 Å². The largest absolute Gasteiger partial charge is 0.487 e. The molecule has 0 radical (unpaired) electrons. The highest BCUT2D eigenvalue weighted by molar-refractivity contribution is 7.16. The van der Waals surface area contributed by atoms with Crippen LogP contribution in [0.2, 0.25) is 4.34 Å². The van der Waals surface area contributed by atoms with Gasteiger partial charge in [-0.3, -0.25) is 0 Å². The van der Waals surface area contributed by atoms with Gasteiger partial charge in [-0.2, -0.15) is 0 Å². The quantitative estimate of drug-likeness (QED) is 0.847. The first-order valence-corrected chi connectivity index (χ1v) is 6.50. The van der Waals surface area contributed by atoms with Crippen molar-refractivity contribution >= 4 is 28.6 Å². The molecule has 0 unspecified atom stereocenters. The summed E-state index contributed by atoms with van der Waals surface area (Å²) in [4.78, 5) is 1.11. The molecular weight excluding hydrogens is 254 g/mol. The zero-order chi connectivity index (χ0) is 12.4. The van der Waals surface area contributed by atoms with E-state index in [0.29, 0.717) is 6.61 Å². The van der Waals surface area contributed by atoms with Crippen molar-refractivity contribution < 1.29 is 4.74 Å². The van der Waals surface area contributed by atoms with Gasteiger partial charge in [-0.25, -0.2) is 0 Å². The first-order chi connectivity index (χ1) is 8.08. The van der Waals surface area contributed by atoms with Crippen LogP contribution in [-0.2, 0) is 6.61 Å². The number of nitrogen functional groups attached to an aromatic ring is 1. The van der Waals surface area contributed by atoms with Gasteiger partial charge in [0.15, 0.2) is 0 Å². The number of thiophene rings is 1. The molecule has 1 heterocycles. The van der Waals surface area contributed by atoms with Crippen LogP contribution in [0, 0.1) is 13.8 Å². The summed E-state index contributed by atoms with van der Waals surface area (Å²) in [6, 6.07) is 7.73. The average molecular weight is 268 g/mol. The van der Waals surface area contributed by atoms with Gasteiger partial charge in [0, 0.05) is 16.1 Å². The lowest BCUT2D eigenvalue weighted by Crippen LogP contribution is -2.00. The molecule has 0 spiro atoms. The van der Waals surface area contributed by atoms with Crippen molar-refractivity contribution in [2.24, 2.45) is 0 Å². The maximum atomic E-state index is 5.87. The monoisotopic (exact) mass is 267 g/mol. The topological polar surface area (TPSA) is 35.2 Å². The average Bonchev–Trinajstić information content (AvgIpc) is 2.70. The highest BCUT2D eigenvalue weighted by Gasteiger charge is 2.07. The Kier molecular flexibility index (Phi) is 3.60. The third-order valence-corrected chi connectivity index (χ3v) is 3.84. The van der Waals surface area contributed by atoms with E-state index in [9.17, 15) is 0 Å². The Bertz CT molecular complexity index is 536. The summed E-state index contributed by atoms with van der Waals surface area (Å²) in [7, 11) is 0. The molecule has 0 atom stereocenters. The number of aryl methyl sites for hydroxylation is 1. The Labute approximate surface area is 110 Å². The Hall–Kier alpha value is -1.19. The Morgan fingerprint density at radius 2 is 2.00 bits per heavy atom. The maximum absolute atomic E-state index is 5.87. The second-order valence-corrected chi connectivity index (χ2v) is 5.72. The summed E-state index contributed by atoms with van der Waals surface area (Å²) in [6.07, 6.45) is 0. The fraction of sp³-hybridized carbons (Fsp3) is 0.231. The minimum Gasteiger partial charge on any atom is -0.487 e. The summed E-state index contributed by atoms with van der Waals surface area (Å²) >= 11 is 7.40. The smallest absolute Gasteiger partial charge is 0.127 e. The highest BCUT2D eigenvalue weighted by Crippen LogP contribution is 2.29. The van der Waals surface area contributed by atoms with Crippen LogP contribution in [-0.4, -0.2) is 0 Å². The van der Waals surface area contributed by atoms with Crippen LogP contribution in [0.5, 0.6) is 5.75 Å². The van der Waals surface area contributed by atoms with E-state index < -0.39 is 0 Å². The summed E-state index contributed by atoms with van der Waals surface area (Å²) in [5.41, 5.74) is 8.71. The van der Waals surface area contributed by atoms with Crippen LogP contribution in [0.3, 0.4) is 0 Å². The van der Waals surface area contributed by atoms with Crippen LogP contribution in [0.4, 0.5) is 5.69 Å². The third kappa shape index (κ3) is 2.73. The SMILES string of the molecule is Cc1ccc(N)c(C)c1OCc1ccc(Cl)s1. The predicted octanol–water partition coefficient (Wildman–Crippen LogP) is 4.18. The maximum Gasteiger partial charge on any atom is 0.127 e. The Balaban J connectivity index is 2.16. The summed E-state index contributed by atoms with van der Waals surface area (Å²) in [5, 5.41) is 0. The first-order valence-electron chi connectivity index (χ1n) is 5.30. The van der Waals surface area contributed by atoms with Crippen molar-refractivity contribution in [1.82, 2.24) is 0 Å². The van der Waals surface area contributed by atoms with Crippen LogP contribution in [0.15, 0.2) is 24.3 Å². The lowest BCUT2D eigenvalue weighted by molar-refractivity contribution is 0.305. The normalized spacial score (nSPS) is 10.5. The molecule has 1 aromatic heterocycles. The molecule has 2 nitrogen and oxygen atoms in total. The molecule has 2 rings (SSSR count). The van der Waals surface area contributed by atoms with Crippen LogP contribution < -0.4 is 10.5 Å². The molecule has 0 aliphatic rings. The number of ether oxygens (including phenoxy) is 1. The summed E-state index contributed by atoms with van der Waals surface area (Å²) in [6.45, 7) is 4.52. The molecular formula is C13H14ClNOS. The number of anilines is 1. The molecule has 0 amide bonds. The zero-order valence-electron chi connectivity index (χ0n) is 9.79. The van der Waals surface area contributed by atoms with E-state index in [2.05, 4.69) is 0 Å². The number of benzene rings is 1. The van der Waals surface area contributed by atoms with Gasteiger partial charge in [-0.15, -0.1) is 11.3 Å². The van der Waals surface area contributed by atoms with E-state index in [1.54, 1.807) is 0 Å². The van der Waals surface area contributed by atoms with Crippen LogP contribution >= 0.6 is 22.9 Å². The second-order valence-electron chi connectivity index (χ2n) is 3.92. The standard InChI is InChI=1S/C13H14ClNOS/c1-8-3-5-11(15)9(2)13(8)16-7-10-4-6-12(14)17-10/h3-6H,7,15H2,1-2H3. The number of hydrogen-bond acceptors (Lipinski definition) is 3. The molecule has 0 saturated heterocycles. The van der Waals surface area contributed by atoms with Gasteiger partial charge in [0.25, 0.3) is 0 Å². The van der Waals surface area contributed by atoms with E-state index in [1.807, 2.05) is 38.1 Å². The Morgan fingerprint density at radius 1 is 1.24 bits per heavy atom. The molecule has 17 heavy (non-hydrogen) atoms. The van der Waals surface area contributed by atoms with Gasteiger partial charge < -0.3 is 10.5 Å². The minimum absolute atomic E-state index is 0.530. The fourth-order valence-electron chi connectivity index (χ4n) is 1.64. The van der Waals surface area contributed by atoms with Crippen molar-refractivity contribution in [3.05, 3.63) is 44.6 Å². The van der Waals surface area contributed by atoms with Crippen molar-refractivity contribution in [3.63, 3.8) is 0 Å². The molecule has 2 N–H and O–H groups in total.